The Kier molecular flexibility index (Phi) is 8.38. The molecule has 4 heterocycles. The van der Waals surface area contributed by atoms with Gasteiger partial charge in [0.1, 0.15) is 17.2 Å². The number of ether oxygens (including phenoxy) is 3. The van der Waals surface area contributed by atoms with E-state index in [-0.39, 0.29) is 43.4 Å². The van der Waals surface area contributed by atoms with Gasteiger partial charge in [0, 0.05) is 37.0 Å². The molecule has 1 saturated heterocycles. The third kappa shape index (κ3) is 5.65. The number of hydrogen-bond acceptors (Lipinski definition) is 9. The fourth-order valence-corrected chi connectivity index (χ4v) is 5.62. The molecule has 14 heteroatoms. The van der Waals surface area contributed by atoms with E-state index in [1.54, 1.807) is 4.90 Å². The fourth-order valence-electron chi connectivity index (χ4n) is 5.62. The van der Waals surface area contributed by atoms with Gasteiger partial charge < -0.3 is 33.8 Å². The molecule has 1 spiro atoms. The predicted octanol–water partition coefficient (Wildman–Crippen LogP) is 3.67. The first-order valence-corrected chi connectivity index (χ1v) is 14.0. The number of unbranched alkanes of at least 4 members (excludes halogenated alkanes) is 1. The molecule has 0 saturated carbocycles. The minimum atomic E-state index is -1.21. The maximum Gasteiger partial charge on any atom is 0.514 e. The van der Waals surface area contributed by atoms with Gasteiger partial charge in [-0.15, -0.1) is 0 Å². The van der Waals surface area contributed by atoms with Crippen molar-refractivity contribution in [2.24, 2.45) is 5.16 Å². The maximum absolute atomic E-state index is 14.2. The molecule has 1 aromatic carbocycles. The number of carbonyl (C=O) groups excluding carboxylic acids is 3. The number of oxime groups is 1. The van der Waals surface area contributed by atoms with E-state index in [0.717, 1.165) is 12.5 Å². The van der Waals surface area contributed by atoms with E-state index >= 15 is 0 Å². The van der Waals surface area contributed by atoms with Crippen molar-refractivity contribution >= 4 is 23.9 Å². The molecule has 1 fully saturated rings. The molecule has 3 aliphatic heterocycles. The van der Waals surface area contributed by atoms with Gasteiger partial charge in [-0.3, -0.25) is 14.4 Å². The highest BCUT2D eigenvalue weighted by Crippen LogP contribution is 2.46. The smallest absolute Gasteiger partial charge is 0.482 e. The summed E-state index contributed by atoms with van der Waals surface area (Å²) in [5.41, 5.74) is -2.76. The Morgan fingerprint density at radius 3 is 2.74 bits per heavy atom. The Balaban J connectivity index is 1.60. The predicted molar refractivity (Wildman–Crippen MR) is 147 cm³/mol. The van der Waals surface area contributed by atoms with Crippen LogP contribution in [0.25, 0.3) is 0 Å². The number of rotatable bonds is 7. The number of pyridine rings is 1. The number of nitrogens with zero attached hydrogens (tertiary/aromatic N) is 3. The van der Waals surface area contributed by atoms with Crippen molar-refractivity contribution in [3.05, 3.63) is 63.1 Å². The lowest BCUT2D eigenvalue weighted by Gasteiger charge is -2.41. The summed E-state index contributed by atoms with van der Waals surface area (Å²) < 4.78 is 44.8. The molecule has 0 unspecified atom stereocenters. The molecule has 3 atom stereocenters. The van der Waals surface area contributed by atoms with Gasteiger partial charge in [-0.05, 0) is 32.3 Å². The van der Waals surface area contributed by atoms with Crippen molar-refractivity contribution in [3.8, 4) is 5.75 Å². The Morgan fingerprint density at radius 1 is 1.26 bits per heavy atom. The molecule has 0 radical (unpaired) electrons. The lowest BCUT2D eigenvalue weighted by Crippen LogP contribution is -2.52. The minimum absolute atomic E-state index is 0.0186. The summed E-state index contributed by atoms with van der Waals surface area (Å²) in [6.07, 6.45) is 2.55. The highest BCUT2D eigenvalue weighted by molar-refractivity contribution is 6.00. The Morgan fingerprint density at radius 2 is 2.05 bits per heavy atom. The molecule has 1 aromatic heterocycles. The second-order valence-electron chi connectivity index (χ2n) is 10.8. The summed E-state index contributed by atoms with van der Waals surface area (Å²) in [4.78, 5) is 61.2. The number of carbonyl (C=O) groups is 3. The monoisotopic (exact) mass is 602 g/mol. The van der Waals surface area contributed by atoms with E-state index in [1.807, 2.05) is 13.8 Å². The van der Waals surface area contributed by atoms with E-state index in [0.29, 0.717) is 31.2 Å². The van der Waals surface area contributed by atoms with Gasteiger partial charge in [0.15, 0.2) is 11.3 Å². The van der Waals surface area contributed by atoms with Crippen molar-refractivity contribution < 1.29 is 42.2 Å². The lowest BCUT2D eigenvalue weighted by molar-refractivity contribution is -0.0655. The molecule has 43 heavy (non-hydrogen) atoms. The number of benzene rings is 1. The number of aromatic nitrogens is 1. The molecule has 12 nitrogen and oxygen atoms in total. The van der Waals surface area contributed by atoms with Crippen LogP contribution in [-0.2, 0) is 20.9 Å². The van der Waals surface area contributed by atoms with Crippen LogP contribution in [0.2, 0.25) is 0 Å². The molecule has 5 rings (SSSR count). The van der Waals surface area contributed by atoms with Crippen LogP contribution in [0.5, 0.6) is 5.75 Å². The molecular formula is C29H32F2N4O8. The molecule has 2 bridgehead atoms. The first kappa shape index (κ1) is 30.0. The molecule has 1 N–H and O–H groups in total. The van der Waals surface area contributed by atoms with Gasteiger partial charge in [-0.25, -0.2) is 13.6 Å². The van der Waals surface area contributed by atoms with Crippen molar-refractivity contribution in [1.29, 1.82) is 0 Å². The van der Waals surface area contributed by atoms with E-state index in [2.05, 4.69) is 10.5 Å². The SMILES string of the molecule is CCCCOC(=O)Oc1c2n(cc(C(=O)NCc3ccc(F)cc3F)c1=O)[C@@H]1CN(C2=O)[C@@H](C)CC[C@]12CC(OC)=NO2. The summed E-state index contributed by atoms with van der Waals surface area (Å²) in [6, 6.07) is 1.96. The number of fused-ring (bicyclic) bond motifs is 5. The topological polar surface area (TPSA) is 138 Å². The number of amides is 2. The molecule has 2 amide bonds. The zero-order valence-electron chi connectivity index (χ0n) is 24.0. The van der Waals surface area contributed by atoms with Crippen LogP contribution in [0.3, 0.4) is 0 Å². The quantitative estimate of drug-likeness (QED) is 0.374. The summed E-state index contributed by atoms with van der Waals surface area (Å²) in [5, 5.41) is 6.52. The zero-order chi connectivity index (χ0) is 30.9. The van der Waals surface area contributed by atoms with Gasteiger partial charge >= 0.3 is 6.16 Å². The Labute approximate surface area is 245 Å². The van der Waals surface area contributed by atoms with Crippen molar-refractivity contribution in [2.75, 3.05) is 20.3 Å². The largest absolute Gasteiger partial charge is 0.514 e. The van der Waals surface area contributed by atoms with E-state index < -0.39 is 58.0 Å². The second kappa shape index (κ2) is 12.0. The number of halogens is 2. The van der Waals surface area contributed by atoms with Crippen LogP contribution in [0, 0.1) is 11.6 Å². The van der Waals surface area contributed by atoms with Gasteiger partial charge in [-0.1, -0.05) is 24.6 Å². The lowest BCUT2D eigenvalue weighted by atomic mass is 9.85. The Bertz CT molecular complexity index is 1540. The summed E-state index contributed by atoms with van der Waals surface area (Å²) in [5.74, 6) is -3.49. The van der Waals surface area contributed by atoms with Crippen molar-refractivity contribution in [1.82, 2.24) is 14.8 Å². The fraction of sp³-hybridized carbons (Fsp3) is 0.483. The van der Waals surface area contributed by atoms with Gasteiger partial charge in [0.05, 0.1) is 26.2 Å². The number of methoxy groups -OCH3 is 1. The summed E-state index contributed by atoms with van der Waals surface area (Å²) in [6.45, 7) is 3.57. The molecule has 0 aliphatic carbocycles. The number of nitrogens with one attached hydrogen (secondary N) is 1. The first-order valence-electron chi connectivity index (χ1n) is 14.0. The van der Waals surface area contributed by atoms with E-state index in [4.69, 9.17) is 19.0 Å². The minimum Gasteiger partial charge on any atom is -0.482 e. The number of hydrogen-bond donors (Lipinski definition) is 1. The Hall–Kier alpha value is -4.49. The van der Waals surface area contributed by atoms with Crippen LogP contribution in [0.1, 0.15) is 78.4 Å². The zero-order valence-corrected chi connectivity index (χ0v) is 24.0. The molecular weight excluding hydrogens is 570 g/mol. The van der Waals surface area contributed by atoms with Gasteiger partial charge in [-0.2, -0.15) is 0 Å². The second-order valence-corrected chi connectivity index (χ2v) is 10.8. The first-order chi connectivity index (χ1) is 20.6. The van der Waals surface area contributed by atoms with Crippen LogP contribution >= 0.6 is 0 Å². The summed E-state index contributed by atoms with van der Waals surface area (Å²) >= 11 is 0. The molecule has 2 aromatic rings. The average Bonchev–Trinajstić information content (AvgIpc) is 3.36. The standard InChI is InChI=1S/C29H32F2N4O8/c1-4-5-10-41-28(39)42-25-23-27(38)34-15-21(29(9-8-16(34)2)12-22(40-3)33-43-29)35(23)14-19(24(25)36)26(37)32-13-17-6-7-18(30)11-20(17)31/h6-7,11,14,16,21H,4-5,8-10,12-13,15H2,1-3H3,(H,32,37)/t16-,21+,29-/m0/s1. The van der Waals surface area contributed by atoms with Crippen LogP contribution in [-0.4, -0.2) is 65.2 Å². The third-order valence-electron chi connectivity index (χ3n) is 8.10. The van der Waals surface area contributed by atoms with Crippen molar-refractivity contribution in [3.63, 3.8) is 0 Å². The van der Waals surface area contributed by atoms with Crippen LogP contribution in [0.4, 0.5) is 13.6 Å². The molecule has 3 aliphatic rings. The molecule has 230 valence electrons. The van der Waals surface area contributed by atoms with Gasteiger partial charge in [0.25, 0.3) is 11.8 Å². The third-order valence-corrected chi connectivity index (χ3v) is 8.10. The highest BCUT2D eigenvalue weighted by Gasteiger charge is 2.55. The summed E-state index contributed by atoms with van der Waals surface area (Å²) in [7, 11) is 1.46. The van der Waals surface area contributed by atoms with E-state index in [9.17, 15) is 28.0 Å². The highest BCUT2D eigenvalue weighted by atomic mass is 19.1. The maximum atomic E-state index is 14.2. The van der Waals surface area contributed by atoms with Gasteiger partial charge in [0.2, 0.25) is 17.1 Å². The normalized spacial score (nSPS) is 22.3. The van der Waals surface area contributed by atoms with Crippen molar-refractivity contribution in [2.45, 2.75) is 70.2 Å². The van der Waals surface area contributed by atoms with Crippen LogP contribution < -0.4 is 15.5 Å². The van der Waals surface area contributed by atoms with Crippen LogP contribution in [0.15, 0.2) is 34.3 Å². The average molecular weight is 603 g/mol. The van der Waals surface area contributed by atoms with E-state index in [1.165, 1.54) is 23.9 Å².